The van der Waals surface area contributed by atoms with Gasteiger partial charge in [-0.25, -0.2) is 4.39 Å². The Kier molecular flexibility index (Phi) is 7.87. The van der Waals surface area contributed by atoms with Crippen molar-refractivity contribution in [3.63, 3.8) is 0 Å². The molecular formula is C23H30FN3O2. The van der Waals surface area contributed by atoms with Gasteiger partial charge in [0.2, 0.25) is 5.91 Å². The van der Waals surface area contributed by atoms with Crippen molar-refractivity contribution in [2.45, 2.75) is 19.3 Å². The lowest BCUT2D eigenvalue weighted by molar-refractivity contribution is -0.121. The molecule has 2 aromatic rings. The van der Waals surface area contributed by atoms with Gasteiger partial charge < -0.3 is 15.0 Å². The molecule has 3 rings (SSSR count). The van der Waals surface area contributed by atoms with Gasteiger partial charge >= 0.3 is 0 Å². The molecule has 1 aliphatic heterocycles. The highest BCUT2D eigenvalue weighted by atomic mass is 19.1. The van der Waals surface area contributed by atoms with Gasteiger partial charge in [-0.05, 0) is 49.2 Å². The van der Waals surface area contributed by atoms with Gasteiger partial charge in [0.05, 0.1) is 12.8 Å². The number of carbonyl (C=O) groups excluding carboxylic acids is 1. The van der Waals surface area contributed by atoms with Gasteiger partial charge in [0.15, 0.2) is 0 Å². The summed E-state index contributed by atoms with van der Waals surface area (Å²) in [4.78, 5) is 16.8. The summed E-state index contributed by atoms with van der Waals surface area (Å²) in [5, 5.41) is 2.97. The van der Waals surface area contributed by atoms with E-state index < -0.39 is 0 Å². The van der Waals surface area contributed by atoms with Crippen molar-refractivity contribution in [3.05, 3.63) is 59.9 Å². The number of aryl methyl sites for hydroxylation is 1. The predicted molar refractivity (Wildman–Crippen MR) is 114 cm³/mol. The predicted octanol–water partition coefficient (Wildman–Crippen LogP) is 3.10. The van der Waals surface area contributed by atoms with E-state index in [-0.39, 0.29) is 11.7 Å². The van der Waals surface area contributed by atoms with Crippen molar-refractivity contribution in [2.75, 3.05) is 51.3 Å². The van der Waals surface area contributed by atoms with Gasteiger partial charge in [-0.2, -0.15) is 0 Å². The van der Waals surface area contributed by atoms with Crippen LogP contribution in [0.4, 0.5) is 10.1 Å². The number of hydrogen-bond acceptors (Lipinski definition) is 4. The maximum absolute atomic E-state index is 13.2. The molecule has 29 heavy (non-hydrogen) atoms. The Bertz CT molecular complexity index is 791. The lowest BCUT2D eigenvalue weighted by atomic mass is 10.1. The molecule has 1 amide bonds. The molecule has 0 saturated carbocycles. The van der Waals surface area contributed by atoms with Crippen molar-refractivity contribution in [2.24, 2.45) is 0 Å². The maximum Gasteiger partial charge on any atom is 0.220 e. The first kappa shape index (κ1) is 21.1. The van der Waals surface area contributed by atoms with Gasteiger partial charge in [0, 0.05) is 39.1 Å². The molecule has 0 spiro atoms. The van der Waals surface area contributed by atoms with E-state index >= 15 is 0 Å². The first-order valence-corrected chi connectivity index (χ1v) is 10.3. The summed E-state index contributed by atoms with van der Waals surface area (Å²) in [5.41, 5.74) is 2.01. The standard InChI is InChI=1S/C23H30FN3O2/c1-29-22-9-3-2-8-21(22)27-16-14-26(15-17-27)13-5-12-25-23(28)11-10-19-6-4-7-20(24)18-19/h2-4,6-9,18H,5,10-17H2,1H3,(H,25,28). The first-order chi connectivity index (χ1) is 14.2. The van der Waals surface area contributed by atoms with Gasteiger partial charge in [-0.15, -0.1) is 0 Å². The second-order valence-corrected chi connectivity index (χ2v) is 7.33. The summed E-state index contributed by atoms with van der Waals surface area (Å²) < 4.78 is 18.6. The van der Waals surface area contributed by atoms with E-state index in [2.05, 4.69) is 21.2 Å². The van der Waals surface area contributed by atoms with E-state index in [4.69, 9.17) is 4.74 Å². The Hall–Kier alpha value is -2.60. The van der Waals surface area contributed by atoms with Gasteiger partial charge in [0.25, 0.3) is 0 Å². The normalized spacial score (nSPS) is 14.6. The van der Waals surface area contributed by atoms with Crippen LogP contribution in [-0.4, -0.2) is 57.2 Å². The highest BCUT2D eigenvalue weighted by molar-refractivity contribution is 5.76. The van der Waals surface area contributed by atoms with Crippen molar-refractivity contribution in [1.29, 1.82) is 0 Å². The van der Waals surface area contributed by atoms with Crippen LogP contribution in [0.5, 0.6) is 5.75 Å². The minimum Gasteiger partial charge on any atom is -0.495 e. The average Bonchev–Trinajstić information content (AvgIpc) is 2.76. The number of methoxy groups -OCH3 is 1. The molecule has 2 aromatic carbocycles. The minimum absolute atomic E-state index is 0.0234. The molecule has 1 heterocycles. The first-order valence-electron chi connectivity index (χ1n) is 10.3. The number of piperazine rings is 1. The second-order valence-electron chi connectivity index (χ2n) is 7.33. The summed E-state index contributed by atoms with van der Waals surface area (Å²) >= 11 is 0. The van der Waals surface area contributed by atoms with E-state index in [0.717, 1.165) is 56.1 Å². The minimum atomic E-state index is -0.256. The van der Waals surface area contributed by atoms with Crippen LogP contribution in [0, 0.1) is 5.82 Å². The number of benzene rings is 2. The number of carbonyl (C=O) groups is 1. The van der Waals surface area contributed by atoms with Crippen LogP contribution in [0.15, 0.2) is 48.5 Å². The Morgan fingerprint density at radius 1 is 1.10 bits per heavy atom. The lowest BCUT2D eigenvalue weighted by Crippen LogP contribution is -2.47. The summed E-state index contributed by atoms with van der Waals surface area (Å²) in [5.74, 6) is 0.686. The number of anilines is 1. The van der Waals surface area contributed by atoms with Crippen LogP contribution in [0.25, 0.3) is 0 Å². The highest BCUT2D eigenvalue weighted by Crippen LogP contribution is 2.28. The Labute approximate surface area is 172 Å². The topological polar surface area (TPSA) is 44.8 Å². The molecule has 1 N–H and O–H groups in total. The van der Waals surface area contributed by atoms with Crippen LogP contribution < -0.4 is 15.0 Å². The van der Waals surface area contributed by atoms with Crippen molar-refractivity contribution >= 4 is 11.6 Å². The van der Waals surface area contributed by atoms with Crippen LogP contribution in [-0.2, 0) is 11.2 Å². The number of ether oxygens (including phenoxy) is 1. The lowest BCUT2D eigenvalue weighted by Gasteiger charge is -2.36. The summed E-state index contributed by atoms with van der Waals surface area (Å²) in [6.45, 7) is 5.61. The molecular weight excluding hydrogens is 369 g/mol. The molecule has 0 atom stereocenters. The van der Waals surface area contributed by atoms with Crippen molar-refractivity contribution < 1.29 is 13.9 Å². The van der Waals surface area contributed by atoms with Gasteiger partial charge in [-0.1, -0.05) is 24.3 Å². The Balaban J connectivity index is 1.30. The molecule has 0 unspecified atom stereocenters. The van der Waals surface area contributed by atoms with Gasteiger partial charge in [0.1, 0.15) is 11.6 Å². The Morgan fingerprint density at radius 3 is 2.66 bits per heavy atom. The van der Waals surface area contributed by atoms with E-state index in [1.165, 1.54) is 12.1 Å². The SMILES string of the molecule is COc1ccccc1N1CCN(CCCNC(=O)CCc2cccc(F)c2)CC1. The summed E-state index contributed by atoms with van der Waals surface area (Å²) in [7, 11) is 1.71. The van der Waals surface area contributed by atoms with Gasteiger partial charge in [-0.3, -0.25) is 9.69 Å². The maximum atomic E-state index is 13.2. The third-order valence-electron chi connectivity index (χ3n) is 5.30. The number of hydrogen-bond donors (Lipinski definition) is 1. The number of amides is 1. The fourth-order valence-corrected chi connectivity index (χ4v) is 3.67. The highest BCUT2D eigenvalue weighted by Gasteiger charge is 2.19. The fourth-order valence-electron chi connectivity index (χ4n) is 3.67. The molecule has 5 nitrogen and oxygen atoms in total. The molecule has 1 aliphatic rings. The summed E-state index contributed by atoms with van der Waals surface area (Å²) in [6.07, 6.45) is 1.88. The van der Waals surface area contributed by atoms with E-state index in [0.29, 0.717) is 19.4 Å². The van der Waals surface area contributed by atoms with Crippen LogP contribution in [0.1, 0.15) is 18.4 Å². The van der Waals surface area contributed by atoms with Crippen molar-refractivity contribution in [1.82, 2.24) is 10.2 Å². The molecule has 1 fully saturated rings. The van der Waals surface area contributed by atoms with Crippen molar-refractivity contribution in [3.8, 4) is 5.75 Å². The largest absolute Gasteiger partial charge is 0.495 e. The van der Waals surface area contributed by atoms with Crippen LogP contribution >= 0.6 is 0 Å². The number of nitrogens with one attached hydrogen (secondary N) is 1. The molecule has 6 heteroatoms. The Morgan fingerprint density at radius 2 is 1.90 bits per heavy atom. The summed E-state index contributed by atoms with van der Waals surface area (Å²) in [6, 6.07) is 14.6. The third kappa shape index (κ3) is 6.46. The zero-order valence-electron chi connectivity index (χ0n) is 17.1. The van der Waals surface area contributed by atoms with E-state index in [9.17, 15) is 9.18 Å². The number of nitrogens with zero attached hydrogens (tertiary/aromatic N) is 2. The monoisotopic (exact) mass is 399 g/mol. The number of halogens is 1. The van der Waals surface area contributed by atoms with Crippen LogP contribution in [0.2, 0.25) is 0 Å². The molecule has 0 bridgehead atoms. The van der Waals surface area contributed by atoms with E-state index in [1.807, 2.05) is 24.3 Å². The zero-order valence-corrected chi connectivity index (χ0v) is 17.1. The van der Waals surface area contributed by atoms with E-state index in [1.54, 1.807) is 13.2 Å². The fraction of sp³-hybridized carbons (Fsp3) is 0.435. The molecule has 0 radical (unpaired) electrons. The second kappa shape index (κ2) is 10.8. The number of rotatable bonds is 9. The van der Waals surface area contributed by atoms with Crippen LogP contribution in [0.3, 0.4) is 0 Å². The third-order valence-corrected chi connectivity index (χ3v) is 5.30. The number of para-hydroxylation sites is 2. The average molecular weight is 400 g/mol. The molecule has 1 saturated heterocycles. The zero-order chi connectivity index (χ0) is 20.5. The molecule has 156 valence electrons. The molecule has 0 aliphatic carbocycles. The molecule has 0 aromatic heterocycles. The quantitative estimate of drug-likeness (QED) is 0.658. The smallest absolute Gasteiger partial charge is 0.220 e.